The van der Waals surface area contributed by atoms with E-state index < -0.39 is 0 Å². The van der Waals surface area contributed by atoms with Gasteiger partial charge in [-0.15, -0.1) is 5.10 Å². The maximum absolute atomic E-state index is 13.5. The van der Waals surface area contributed by atoms with Gasteiger partial charge in [0.1, 0.15) is 4.53 Å². The van der Waals surface area contributed by atoms with Gasteiger partial charge in [0, 0.05) is 17.7 Å². The molecule has 5 rings (SSSR count). The number of fused-ring (bicyclic) bond motifs is 2. The molecule has 0 spiro atoms. The Balaban J connectivity index is 1.51. The fourth-order valence-corrected chi connectivity index (χ4v) is 5.72. The second kappa shape index (κ2) is 9.62. The molecular weight excluding hydrogens is 468 g/mol. The number of nitrogens with zero attached hydrogens (tertiary/aromatic N) is 4. The summed E-state index contributed by atoms with van der Waals surface area (Å²) in [5.74, 6) is 0.411. The summed E-state index contributed by atoms with van der Waals surface area (Å²) in [6, 6.07) is 15.9. The summed E-state index contributed by atoms with van der Waals surface area (Å²) in [4.78, 5) is 33.9. The molecule has 0 N–H and O–H groups in total. The van der Waals surface area contributed by atoms with Crippen molar-refractivity contribution < 1.29 is 4.79 Å². The first-order chi connectivity index (χ1) is 17.3. The summed E-state index contributed by atoms with van der Waals surface area (Å²) in [6.07, 6.45) is 5.62. The molecule has 6 nitrogen and oxygen atoms in total. The summed E-state index contributed by atoms with van der Waals surface area (Å²) >= 11 is 1.24. The van der Waals surface area contributed by atoms with E-state index in [0.717, 1.165) is 29.7 Å². The topological polar surface area (TPSA) is 67.6 Å². The molecule has 3 heterocycles. The Morgan fingerprint density at radius 2 is 1.64 bits per heavy atom. The van der Waals surface area contributed by atoms with Gasteiger partial charge in [0.05, 0.1) is 11.3 Å². The van der Waals surface area contributed by atoms with Crippen molar-refractivity contribution in [3.05, 3.63) is 74.5 Å². The van der Waals surface area contributed by atoms with Gasteiger partial charge in [0.2, 0.25) is 4.96 Å². The molecule has 1 amide bonds. The number of amides is 1. The molecule has 2 aromatic heterocycles. The Labute approximate surface area is 215 Å². The molecule has 0 saturated carbocycles. The van der Waals surface area contributed by atoms with Crippen LogP contribution in [-0.2, 0) is 10.2 Å². The van der Waals surface area contributed by atoms with Crippen LogP contribution in [0.3, 0.4) is 0 Å². The molecule has 1 aliphatic heterocycles. The van der Waals surface area contributed by atoms with Gasteiger partial charge in [-0.05, 0) is 23.5 Å². The lowest BCUT2D eigenvalue weighted by Gasteiger charge is -2.18. The summed E-state index contributed by atoms with van der Waals surface area (Å²) in [5.41, 5.74) is 4.03. The van der Waals surface area contributed by atoms with Crippen molar-refractivity contribution in [1.82, 2.24) is 14.6 Å². The van der Waals surface area contributed by atoms with Crippen LogP contribution in [0.1, 0.15) is 70.9 Å². The number of hydrogen-bond donors (Lipinski definition) is 0. The molecule has 36 heavy (non-hydrogen) atoms. The highest BCUT2D eigenvalue weighted by atomic mass is 32.1. The maximum Gasteiger partial charge on any atom is 0.291 e. The smallest absolute Gasteiger partial charge is 0.291 e. The van der Waals surface area contributed by atoms with Gasteiger partial charge in [-0.3, -0.25) is 9.59 Å². The number of thiazole rings is 1. The zero-order valence-electron chi connectivity index (χ0n) is 21.4. The molecule has 7 heteroatoms. The lowest BCUT2D eigenvalue weighted by molar-refractivity contribution is -0.113. The van der Waals surface area contributed by atoms with Gasteiger partial charge in [-0.25, -0.2) is 0 Å². The number of hydrogen-bond acceptors (Lipinski definition) is 5. The van der Waals surface area contributed by atoms with E-state index in [1.54, 1.807) is 0 Å². The summed E-state index contributed by atoms with van der Waals surface area (Å²) in [6.45, 7) is 9.37. The number of aromatic nitrogens is 3. The first-order valence-corrected chi connectivity index (χ1v) is 13.6. The summed E-state index contributed by atoms with van der Waals surface area (Å²) in [5, 5.41) is 4.51. The third kappa shape index (κ3) is 4.37. The Hall–Kier alpha value is -3.32. The van der Waals surface area contributed by atoms with Crippen LogP contribution in [0.5, 0.6) is 0 Å². The van der Waals surface area contributed by atoms with Crippen molar-refractivity contribution in [2.75, 3.05) is 11.4 Å². The van der Waals surface area contributed by atoms with Crippen molar-refractivity contribution in [3.63, 3.8) is 0 Å². The van der Waals surface area contributed by atoms with Crippen molar-refractivity contribution in [3.8, 4) is 11.4 Å². The van der Waals surface area contributed by atoms with Crippen molar-refractivity contribution >= 4 is 33.5 Å². The zero-order chi connectivity index (χ0) is 25.4. The van der Waals surface area contributed by atoms with Crippen LogP contribution in [0.2, 0.25) is 0 Å². The predicted octanol–water partition coefficient (Wildman–Crippen LogP) is 5.35. The molecule has 2 aromatic carbocycles. The van der Waals surface area contributed by atoms with Gasteiger partial charge >= 0.3 is 0 Å². The number of unbranched alkanes of at least 4 members (excludes halogenated alkanes) is 4. The normalized spacial score (nSPS) is 15.2. The molecular formula is C29H32N4O2S. The van der Waals surface area contributed by atoms with E-state index >= 15 is 0 Å². The SMILES string of the molecule is CCCCCCCN1C(=O)/C(=c2\sc3nc(-c4ccc(C(C)(C)C)cc4)nn3c2=O)c2ccccc21. The van der Waals surface area contributed by atoms with E-state index in [1.807, 2.05) is 41.3 Å². The number of rotatable bonds is 7. The lowest BCUT2D eigenvalue weighted by atomic mass is 9.87. The van der Waals surface area contributed by atoms with Gasteiger partial charge in [-0.1, -0.05) is 107 Å². The van der Waals surface area contributed by atoms with E-state index in [4.69, 9.17) is 0 Å². The van der Waals surface area contributed by atoms with Gasteiger partial charge in [-0.2, -0.15) is 9.50 Å². The largest absolute Gasteiger partial charge is 0.308 e. The minimum absolute atomic E-state index is 0.0579. The third-order valence-corrected chi connectivity index (χ3v) is 7.83. The first kappa shape index (κ1) is 24.4. The minimum atomic E-state index is -0.289. The van der Waals surface area contributed by atoms with Crippen LogP contribution < -0.4 is 15.0 Å². The van der Waals surface area contributed by atoms with Crippen molar-refractivity contribution in [2.24, 2.45) is 0 Å². The predicted molar refractivity (Wildman–Crippen MR) is 147 cm³/mol. The zero-order valence-corrected chi connectivity index (χ0v) is 22.2. The van der Waals surface area contributed by atoms with Crippen LogP contribution in [0.4, 0.5) is 5.69 Å². The van der Waals surface area contributed by atoms with E-state index in [2.05, 4.69) is 49.9 Å². The van der Waals surface area contributed by atoms with Crippen molar-refractivity contribution in [1.29, 1.82) is 0 Å². The highest BCUT2D eigenvalue weighted by molar-refractivity contribution is 7.15. The van der Waals surface area contributed by atoms with E-state index in [-0.39, 0.29) is 16.9 Å². The molecule has 0 bridgehead atoms. The quantitative estimate of drug-likeness (QED) is 0.321. The van der Waals surface area contributed by atoms with Crippen molar-refractivity contribution in [2.45, 2.75) is 65.2 Å². The number of benzene rings is 2. The number of para-hydroxylation sites is 1. The van der Waals surface area contributed by atoms with E-state index in [0.29, 0.717) is 27.4 Å². The number of carbonyl (C=O) groups excluding carboxylic acids is 1. The number of anilines is 1. The summed E-state index contributed by atoms with van der Waals surface area (Å²) < 4.78 is 1.74. The fraction of sp³-hybridized carbons (Fsp3) is 0.379. The Kier molecular flexibility index (Phi) is 6.51. The average molecular weight is 501 g/mol. The van der Waals surface area contributed by atoms with Crippen LogP contribution in [-0.4, -0.2) is 27.0 Å². The highest BCUT2D eigenvalue weighted by Gasteiger charge is 2.34. The second-order valence-corrected chi connectivity index (χ2v) is 11.4. The molecule has 4 aromatic rings. The Morgan fingerprint density at radius 3 is 2.33 bits per heavy atom. The monoisotopic (exact) mass is 500 g/mol. The first-order valence-electron chi connectivity index (χ1n) is 12.8. The van der Waals surface area contributed by atoms with Gasteiger partial charge in [0.25, 0.3) is 11.5 Å². The van der Waals surface area contributed by atoms with Crippen LogP contribution in [0.25, 0.3) is 21.9 Å². The van der Waals surface area contributed by atoms with E-state index in [9.17, 15) is 9.59 Å². The van der Waals surface area contributed by atoms with Crippen LogP contribution >= 0.6 is 11.3 Å². The molecule has 0 atom stereocenters. The highest BCUT2D eigenvalue weighted by Crippen LogP contribution is 2.35. The van der Waals surface area contributed by atoms with E-state index in [1.165, 1.54) is 40.7 Å². The molecule has 0 radical (unpaired) electrons. The third-order valence-electron chi connectivity index (χ3n) is 6.80. The number of carbonyl (C=O) groups is 1. The summed E-state index contributed by atoms with van der Waals surface area (Å²) in [7, 11) is 0. The molecule has 0 fully saturated rings. The van der Waals surface area contributed by atoms with Gasteiger partial charge in [0.15, 0.2) is 5.82 Å². The molecule has 186 valence electrons. The minimum Gasteiger partial charge on any atom is -0.308 e. The fourth-order valence-electron chi connectivity index (χ4n) is 4.72. The average Bonchev–Trinajstić information content (AvgIpc) is 3.49. The molecule has 0 aliphatic carbocycles. The second-order valence-electron chi connectivity index (χ2n) is 10.5. The standard InChI is InChI=1S/C29H32N4O2S/c1-5-6-7-8-11-18-32-22-13-10-9-12-21(22)23(26(32)34)24-27(35)33-28(36-24)30-25(31-33)19-14-16-20(17-15-19)29(2,3)4/h9-10,12-17H,5-8,11,18H2,1-4H3/b24-23-. The molecule has 1 aliphatic rings. The van der Waals surface area contributed by atoms with Gasteiger partial charge < -0.3 is 4.90 Å². The Morgan fingerprint density at radius 1 is 0.917 bits per heavy atom. The lowest BCUT2D eigenvalue weighted by Crippen LogP contribution is -2.33. The molecule has 0 saturated heterocycles. The van der Waals surface area contributed by atoms with Crippen LogP contribution in [0, 0.1) is 0 Å². The Bertz CT molecular complexity index is 1530. The maximum atomic E-state index is 13.5. The van der Waals surface area contributed by atoms with Crippen LogP contribution in [0.15, 0.2) is 53.3 Å². The molecule has 0 unspecified atom stereocenters.